The average molecular weight is 195 g/mol. The van der Waals surface area contributed by atoms with Gasteiger partial charge in [-0.3, -0.25) is 0 Å². The molecule has 0 spiro atoms. The largest absolute Gasteiger partial charge is 0.328 e. The lowest BCUT2D eigenvalue weighted by Gasteiger charge is -2.32. The van der Waals surface area contributed by atoms with Crippen molar-refractivity contribution in [3.8, 4) is 6.07 Å². The summed E-state index contributed by atoms with van der Waals surface area (Å²) in [6, 6.07) is 2.28. The van der Waals surface area contributed by atoms with Gasteiger partial charge in [-0.15, -0.1) is 0 Å². The summed E-state index contributed by atoms with van der Waals surface area (Å²) in [7, 11) is 1.79. The van der Waals surface area contributed by atoms with Crippen LogP contribution in [0.1, 0.15) is 19.8 Å². The molecule has 1 fully saturated rings. The first kappa shape index (κ1) is 10.8. The fraction of sp³-hybridized carbons (Fsp3) is 0.800. The number of amides is 2. The normalized spacial score (nSPS) is 21.5. The lowest BCUT2D eigenvalue weighted by Crippen LogP contribution is -2.45. The number of urea groups is 1. The molecule has 2 amide bonds. The quantitative estimate of drug-likeness (QED) is 0.633. The minimum Gasteiger partial charge on any atom is -0.328 e. The van der Waals surface area contributed by atoms with Crippen LogP contribution in [0.15, 0.2) is 0 Å². The van der Waals surface area contributed by atoms with E-state index in [-0.39, 0.29) is 11.9 Å². The molecule has 4 nitrogen and oxygen atoms in total. The van der Waals surface area contributed by atoms with E-state index in [1.54, 1.807) is 16.8 Å². The molecule has 1 saturated heterocycles. The molecular formula is C10H17N3O. The Balaban J connectivity index is 2.52. The average Bonchev–Trinajstić information content (AvgIpc) is 2.27. The van der Waals surface area contributed by atoms with Gasteiger partial charge in [-0.25, -0.2) is 4.79 Å². The molecule has 78 valence electrons. The van der Waals surface area contributed by atoms with E-state index in [2.05, 4.69) is 6.07 Å². The third kappa shape index (κ3) is 2.38. The van der Waals surface area contributed by atoms with Crippen molar-refractivity contribution >= 4 is 6.03 Å². The van der Waals surface area contributed by atoms with E-state index >= 15 is 0 Å². The van der Waals surface area contributed by atoms with E-state index in [9.17, 15) is 4.79 Å². The van der Waals surface area contributed by atoms with Crippen LogP contribution >= 0.6 is 0 Å². The monoisotopic (exact) mass is 195 g/mol. The highest BCUT2D eigenvalue weighted by molar-refractivity contribution is 5.74. The van der Waals surface area contributed by atoms with Crippen molar-refractivity contribution in [1.29, 1.82) is 5.26 Å². The van der Waals surface area contributed by atoms with Crippen molar-refractivity contribution in [3.05, 3.63) is 0 Å². The van der Waals surface area contributed by atoms with Crippen LogP contribution in [0.2, 0.25) is 0 Å². The highest BCUT2D eigenvalue weighted by Gasteiger charge is 2.24. The Morgan fingerprint density at radius 1 is 1.71 bits per heavy atom. The minimum absolute atomic E-state index is 0.0259. The zero-order chi connectivity index (χ0) is 10.6. The Bertz CT molecular complexity index is 246. The van der Waals surface area contributed by atoms with Crippen LogP contribution in [0.4, 0.5) is 4.79 Å². The molecule has 4 heteroatoms. The van der Waals surface area contributed by atoms with Gasteiger partial charge in [0.15, 0.2) is 0 Å². The van der Waals surface area contributed by atoms with E-state index in [1.165, 1.54) is 0 Å². The summed E-state index contributed by atoms with van der Waals surface area (Å²) >= 11 is 0. The first-order valence-electron chi connectivity index (χ1n) is 5.08. The zero-order valence-corrected chi connectivity index (χ0v) is 8.86. The molecule has 1 rings (SSSR count). The van der Waals surface area contributed by atoms with Crippen molar-refractivity contribution in [2.45, 2.75) is 19.8 Å². The van der Waals surface area contributed by atoms with Crippen molar-refractivity contribution in [3.63, 3.8) is 0 Å². The minimum atomic E-state index is 0.0259. The molecule has 0 aliphatic carbocycles. The molecule has 1 heterocycles. The van der Waals surface area contributed by atoms with Crippen molar-refractivity contribution in [2.24, 2.45) is 5.92 Å². The first-order valence-corrected chi connectivity index (χ1v) is 5.08. The van der Waals surface area contributed by atoms with Crippen LogP contribution in [-0.4, -0.2) is 42.5 Å². The fourth-order valence-corrected chi connectivity index (χ4v) is 1.63. The number of hydrogen-bond acceptors (Lipinski definition) is 2. The van der Waals surface area contributed by atoms with E-state index in [1.807, 2.05) is 6.92 Å². The van der Waals surface area contributed by atoms with Gasteiger partial charge in [-0.05, 0) is 19.8 Å². The highest BCUT2D eigenvalue weighted by atomic mass is 16.2. The van der Waals surface area contributed by atoms with Crippen molar-refractivity contribution in [1.82, 2.24) is 9.80 Å². The molecule has 0 aromatic heterocycles. The van der Waals surface area contributed by atoms with E-state index in [0.717, 1.165) is 19.4 Å². The maximum absolute atomic E-state index is 11.7. The van der Waals surface area contributed by atoms with Gasteiger partial charge in [0.05, 0.1) is 12.0 Å². The maximum Gasteiger partial charge on any atom is 0.319 e. The molecule has 1 atom stereocenters. The van der Waals surface area contributed by atoms with Gasteiger partial charge >= 0.3 is 6.03 Å². The fourth-order valence-electron chi connectivity index (χ4n) is 1.63. The summed E-state index contributed by atoms with van der Waals surface area (Å²) in [6.45, 7) is 4.05. The summed E-state index contributed by atoms with van der Waals surface area (Å²) in [4.78, 5) is 15.2. The number of likely N-dealkylation sites (tertiary alicyclic amines) is 1. The standard InChI is InChI=1S/C10H17N3O/c1-3-12(2)10(14)13-6-4-5-9(7-11)8-13/h9H,3-6,8H2,1-2H3. The van der Waals surface area contributed by atoms with E-state index in [4.69, 9.17) is 5.26 Å². The van der Waals surface area contributed by atoms with Crippen LogP contribution in [0, 0.1) is 17.2 Å². The predicted octanol–water partition coefficient (Wildman–Crippen LogP) is 1.29. The van der Waals surface area contributed by atoms with Gasteiger partial charge in [0.25, 0.3) is 0 Å². The second kappa shape index (κ2) is 4.85. The third-order valence-corrected chi connectivity index (χ3v) is 2.68. The van der Waals surface area contributed by atoms with E-state index < -0.39 is 0 Å². The van der Waals surface area contributed by atoms with Crippen LogP contribution in [0.5, 0.6) is 0 Å². The molecule has 0 saturated carbocycles. The Hall–Kier alpha value is -1.24. The summed E-state index contributed by atoms with van der Waals surface area (Å²) in [5, 5.41) is 8.78. The number of piperidine rings is 1. The number of rotatable bonds is 1. The molecule has 1 aliphatic heterocycles. The Kier molecular flexibility index (Phi) is 3.75. The summed E-state index contributed by atoms with van der Waals surface area (Å²) < 4.78 is 0. The van der Waals surface area contributed by atoms with Crippen LogP contribution in [0.25, 0.3) is 0 Å². The van der Waals surface area contributed by atoms with Gasteiger partial charge < -0.3 is 9.80 Å². The van der Waals surface area contributed by atoms with Crippen LogP contribution in [-0.2, 0) is 0 Å². The van der Waals surface area contributed by atoms with Gasteiger partial charge in [0, 0.05) is 26.7 Å². The highest BCUT2D eigenvalue weighted by Crippen LogP contribution is 2.16. The number of nitrogens with zero attached hydrogens (tertiary/aromatic N) is 3. The predicted molar refractivity (Wildman–Crippen MR) is 53.6 cm³/mol. The Morgan fingerprint density at radius 2 is 2.43 bits per heavy atom. The SMILES string of the molecule is CCN(C)C(=O)N1CCCC(C#N)C1. The van der Waals surface area contributed by atoms with Crippen LogP contribution < -0.4 is 0 Å². The smallest absolute Gasteiger partial charge is 0.319 e. The zero-order valence-electron chi connectivity index (χ0n) is 8.86. The molecule has 0 radical (unpaired) electrons. The molecule has 0 bridgehead atoms. The molecular weight excluding hydrogens is 178 g/mol. The molecule has 14 heavy (non-hydrogen) atoms. The first-order chi connectivity index (χ1) is 6.69. The van der Waals surface area contributed by atoms with E-state index in [0.29, 0.717) is 13.1 Å². The Morgan fingerprint density at radius 3 is 3.00 bits per heavy atom. The van der Waals surface area contributed by atoms with Crippen molar-refractivity contribution < 1.29 is 4.79 Å². The van der Waals surface area contributed by atoms with Crippen molar-refractivity contribution in [2.75, 3.05) is 26.7 Å². The van der Waals surface area contributed by atoms with Gasteiger partial charge in [0.1, 0.15) is 0 Å². The van der Waals surface area contributed by atoms with Gasteiger partial charge in [0.2, 0.25) is 0 Å². The van der Waals surface area contributed by atoms with Crippen LogP contribution in [0.3, 0.4) is 0 Å². The molecule has 0 aromatic carbocycles. The number of carbonyl (C=O) groups is 1. The number of nitriles is 1. The second-order valence-electron chi connectivity index (χ2n) is 3.71. The summed E-state index contributed by atoms with van der Waals surface area (Å²) in [5.74, 6) is 0.0259. The third-order valence-electron chi connectivity index (χ3n) is 2.68. The maximum atomic E-state index is 11.7. The number of carbonyl (C=O) groups excluding carboxylic acids is 1. The Labute approximate surface area is 85.1 Å². The lowest BCUT2D eigenvalue weighted by molar-refractivity contribution is 0.146. The molecule has 1 unspecified atom stereocenters. The lowest BCUT2D eigenvalue weighted by atomic mass is 10.0. The topological polar surface area (TPSA) is 47.3 Å². The molecule has 0 aromatic rings. The summed E-state index contributed by atoms with van der Waals surface area (Å²) in [6.07, 6.45) is 1.87. The second-order valence-corrected chi connectivity index (χ2v) is 3.71. The summed E-state index contributed by atoms with van der Waals surface area (Å²) in [5.41, 5.74) is 0. The van der Waals surface area contributed by atoms with Gasteiger partial charge in [-0.2, -0.15) is 5.26 Å². The number of hydrogen-bond donors (Lipinski definition) is 0. The molecule has 0 N–H and O–H groups in total. The van der Waals surface area contributed by atoms with Gasteiger partial charge in [-0.1, -0.05) is 0 Å². The molecule has 1 aliphatic rings.